The summed E-state index contributed by atoms with van der Waals surface area (Å²) < 4.78 is 0. The molecule has 3 atom stereocenters. The number of piperidine rings is 1. The Hall–Kier alpha value is -1.88. The second kappa shape index (κ2) is 8.01. The Bertz CT molecular complexity index is 699. The molecule has 0 bridgehead atoms. The molecule has 0 aromatic heterocycles. The lowest BCUT2D eigenvalue weighted by Crippen LogP contribution is -2.52. The van der Waals surface area contributed by atoms with Gasteiger partial charge in [0.1, 0.15) is 0 Å². The highest BCUT2D eigenvalue weighted by molar-refractivity contribution is 6.04. The Morgan fingerprint density at radius 1 is 1.07 bits per heavy atom. The van der Waals surface area contributed by atoms with Crippen LogP contribution in [0, 0.1) is 11.8 Å². The largest absolute Gasteiger partial charge is 0.349 e. The normalized spacial score (nSPS) is 28.3. The van der Waals surface area contributed by atoms with E-state index >= 15 is 0 Å². The van der Waals surface area contributed by atoms with Gasteiger partial charge in [-0.05, 0) is 69.0 Å². The number of fused-ring (bicyclic) bond motifs is 1. The minimum Gasteiger partial charge on any atom is -0.349 e. The lowest BCUT2D eigenvalue weighted by molar-refractivity contribution is -0.119. The third kappa shape index (κ3) is 4.34. The number of carbonyl (C=O) groups is 2. The van der Waals surface area contributed by atoms with Gasteiger partial charge in [0, 0.05) is 12.1 Å². The predicted molar refractivity (Wildman–Crippen MR) is 107 cm³/mol. The van der Waals surface area contributed by atoms with Crippen LogP contribution in [0.2, 0.25) is 0 Å². The van der Waals surface area contributed by atoms with E-state index in [-0.39, 0.29) is 11.8 Å². The standard InChI is InChI=1S/C22H31N3O2/c1-15-6-4-7-16-8-5-13-25(21(15)16)14-20(26)24-19-10-3-2-9-18(19)22(27)23-17-11-12-17/h2-3,9-10,15-17,21H,4-8,11-14H2,1H3,(H,23,27)(H,24,26). The molecule has 3 aliphatic rings. The molecule has 5 nitrogen and oxygen atoms in total. The van der Waals surface area contributed by atoms with E-state index in [1.54, 1.807) is 6.07 Å². The van der Waals surface area contributed by atoms with Crippen LogP contribution < -0.4 is 10.6 Å². The Morgan fingerprint density at radius 2 is 1.85 bits per heavy atom. The van der Waals surface area contributed by atoms with E-state index in [4.69, 9.17) is 0 Å². The molecule has 2 amide bonds. The molecule has 1 saturated heterocycles. The molecule has 2 N–H and O–H groups in total. The van der Waals surface area contributed by atoms with Crippen molar-refractivity contribution in [2.75, 3.05) is 18.4 Å². The van der Waals surface area contributed by atoms with Crippen LogP contribution in [0.1, 0.15) is 62.2 Å². The molecule has 0 spiro atoms. The summed E-state index contributed by atoms with van der Waals surface area (Å²) in [5.41, 5.74) is 1.17. The maximum atomic E-state index is 12.8. The van der Waals surface area contributed by atoms with Gasteiger partial charge in [0.25, 0.3) is 5.91 Å². The zero-order valence-electron chi connectivity index (χ0n) is 16.2. The average Bonchev–Trinajstić information content (AvgIpc) is 3.46. The first-order valence-electron chi connectivity index (χ1n) is 10.6. The van der Waals surface area contributed by atoms with Gasteiger partial charge in [-0.3, -0.25) is 14.5 Å². The number of anilines is 1. The van der Waals surface area contributed by atoms with Crippen molar-refractivity contribution < 1.29 is 9.59 Å². The summed E-state index contributed by atoms with van der Waals surface area (Å²) in [5.74, 6) is 1.30. The summed E-state index contributed by atoms with van der Waals surface area (Å²) in [6.45, 7) is 3.76. The highest BCUT2D eigenvalue weighted by Gasteiger charge is 2.38. The third-order valence-corrected chi connectivity index (χ3v) is 6.45. The number of amides is 2. The van der Waals surface area contributed by atoms with E-state index in [2.05, 4.69) is 22.5 Å². The van der Waals surface area contributed by atoms with Crippen LogP contribution in [0.5, 0.6) is 0 Å². The molecule has 1 heterocycles. The first kappa shape index (κ1) is 18.5. The molecular weight excluding hydrogens is 338 g/mol. The van der Waals surface area contributed by atoms with Crippen molar-refractivity contribution in [2.45, 2.75) is 64.0 Å². The number of nitrogens with zero attached hydrogens (tertiary/aromatic N) is 1. The van der Waals surface area contributed by atoms with E-state index in [0.29, 0.717) is 35.8 Å². The third-order valence-electron chi connectivity index (χ3n) is 6.45. The number of para-hydroxylation sites is 1. The van der Waals surface area contributed by atoms with Crippen molar-refractivity contribution in [1.82, 2.24) is 10.2 Å². The fraction of sp³-hybridized carbons (Fsp3) is 0.636. The van der Waals surface area contributed by atoms with Gasteiger partial charge in [-0.2, -0.15) is 0 Å². The number of hydrogen-bond acceptors (Lipinski definition) is 3. The summed E-state index contributed by atoms with van der Waals surface area (Å²) in [7, 11) is 0. The SMILES string of the molecule is CC1CCCC2CCCN(CC(=O)Nc3ccccc3C(=O)NC3CC3)C12. The fourth-order valence-electron chi connectivity index (χ4n) is 5.03. The average molecular weight is 370 g/mol. The summed E-state index contributed by atoms with van der Waals surface area (Å²) >= 11 is 0. The van der Waals surface area contributed by atoms with Crippen molar-refractivity contribution in [3.63, 3.8) is 0 Å². The van der Waals surface area contributed by atoms with Crippen molar-refractivity contribution in [2.24, 2.45) is 11.8 Å². The van der Waals surface area contributed by atoms with E-state index in [0.717, 1.165) is 25.3 Å². The smallest absolute Gasteiger partial charge is 0.253 e. The second-order valence-corrected chi connectivity index (χ2v) is 8.61. The zero-order valence-corrected chi connectivity index (χ0v) is 16.2. The van der Waals surface area contributed by atoms with Crippen molar-refractivity contribution in [1.29, 1.82) is 0 Å². The van der Waals surface area contributed by atoms with Gasteiger partial charge >= 0.3 is 0 Å². The van der Waals surface area contributed by atoms with Gasteiger partial charge in [-0.15, -0.1) is 0 Å². The van der Waals surface area contributed by atoms with Crippen molar-refractivity contribution in [3.8, 4) is 0 Å². The number of benzene rings is 1. The van der Waals surface area contributed by atoms with Crippen LogP contribution in [-0.4, -0.2) is 41.9 Å². The fourth-order valence-corrected chi connectivity index (χ4v) is 5.03. The molecule has 1 aromatic rings. The number of rotatable bonds is 5. The minimum atomic E-state index is -0.0904. The van der Waals surface area contributed by atoms with Crippen LogP contribution in [0.4, 0.5) is 5.69 Å². The van der Waals surface area contributed by atoms with Gasteiger partial charge in [-0.25, -0.2) is 0 Å². The molecule has 1 aliphatic heterocycles. The molecule has 2 aliphatic carbocycles. The van der Waals surface area contributed by atoms with E-state index in [1.165, 1.54) is 32.1 Å². The molecule has 3 fully saturated rings. The van der Waals surface area contributed by atoms with Crippen molar-refractivity contribution in [3.05, 3.63) is 29.8 Å². The molecule has 2 saturated carbocycles. The van der Waals surface area contributed by atoms with Crippen LogP contribution in [0.15, 0.2) is 24.3 Å². The van der Waals surface area contributed by atoms with Crippen LogP contribution >= 0.6 is 0 Å². The first-order valence-corrected chi connectivity index (χ1v) is 10.6. The monoisotopic (exact) mass is 369 g/mol. The zero-order chi connectivity index (χ0) is 18.8. The highest BCUT2D eigenvalue weighted by Crippen LogP contribution is 2.38. The van der Waals surface area contributed by atoms with E-state index in [9.17, 15) is 9.59 Å². The maximum Gasteiger partial charge on any atom is 0.253 e. The van der Waals surface area contributed by atoms with Gasteiger partial charge < -0.3 is 10.6 Å². The quantitative estimate of drug-likeness (QED) is 0.836. The van der Waals surface area contributed by atoms with Gasteiger partial charge in [0.2, 0.25) is 5.91 Å². The predicted octanol–water partition coefficient (Wildman–Crippen LogP) is 3.42. The van der Waals surface area contributed by atoms with Crippen LogP contribution in [-0.2, 0) is 4.79 Å². The van der Waals surface area contributed by atoms with Crippen LogP contribution in [0.25, 0.3) is 0 Å². The Labute approximate surface area is 161 Å². The molecule has 4 rings (SSSR count). The minimum absolute atomic E-state index is 0.0138. The van der Waals surface area contributed by atoms with Gasteiger partial charge in [0.15, 0.2) is 0 Å². The molecule has 5 heteroatoms. The van der Waals surface area contributed by atoms with E-state index in [1.807, 2.05) is 18.2 Å². The summed E-state index contributed by atoms with van der Waals surface area (Å²) in [6.07, 6.45) is 8.48. The topological polar surface area (TPSA) is 61.4 Å². The Balaban J connectivity index is 1.41. The molecule has 1 aromatic carbocycles. The van der Waals surface area contributed by atoms with Crippen LogP contribution in [0.3, 0.4) is 0 Å². The Morgan fingerprint density at radius 3 is 2.67 bits per heavy atom. The lowest BCUT2D eigenvalue weighted by atomic mass is 9.73. The summed E-state index contributed by atoms with van der Waals surface area (Å²) in [6, 6.07) is 8.15. The first-order chi connectivity index (χ1) is 13.1. The van der Waals surface area contributed by atoms with E-state index < -0.39 is 0 Å². The molecule has 146 valence electrons. The molecule has 0 radical (unpaired) electrons. The van der Waals surface area contributed by atoms with Gasteiger partial charge in [-0.1, -0.05) is 25.5 Å². The summed E-state index contributed by atoms with van der Waals surface area (Å²) in [5, 5.41) is 6.01. The maximum absolute atomic E-state index is 12.8. The Kier molecular flexibility index (Phi) is 5.48. The van der Waals surface area contributed by atoms with Gasteiger partial charge in [0.05, 0.1) is 17.8 Å². The van der Waals surface area contributed by atoms with Crippen molar-refractivity contribution >= 4 is 17.5 Å². The molecular formula is C22H31N3O2. The highest BCUT2D eigenvalue weighted by atomic mass is 16.2. The number of carbonyl (C=O) groups excluding carboxylic acids is 2. The molecule has 27 heavy (non-hydrogen) atoms. The lowest BCUT2D eigenvalue weighted by Gasteiger charge is -2.47. The number of likely N-dealkylation sites (tertiary alicyclic amines) is 1. The number of nitrogens with one attached hydrogen (secondary N) is 2. The second-order valence-electron chi connectivity index (χ2n) is 8.61. The number of hydrogen-bond donors (Lipinski definition) is 2. The molecule has 3 unspecified atom stereocenters. The summed E-state index contributed by atoms with van der Waals surface area (Å²) in [4.78, 5) is 27.6.